The summed E-state index contributed by atoms with van der Waals surface area (Å²) in [5, 5.41) is 3.59. The number of para-hydroxylation sites is 1. The summed E-state index contributed by atoms with van der Waals surface area (Å²) in [7, 11) is 0. The Balaban J connectivity index is 1.53. The standard InChI is InChI=1S/C18H20N2/c1-2-6-14(7-3-1)11-20-12-15-10-19-18-9-5-4-8-16(18)17(15)13-20/h1-9,15,17,19H,10-13H2. The number of rotatable bonds is 2. The van der Waals surface area contributed by atoms with Crippen molar-refractivity contribution in [1.29, 1.82) is 0 Å². The van der Waals surface area contributed by atoms with Crippen LogP contribution in [0.4, 0.5) is 5.69 Å². The van der Waals surface area contributed by atoms with Crippen LogP contribution < -0.4 is 5.32 Å². The first kappa shape index (κ1) is 12.0. The smallest absolute Gasteiger partial charge is 0.0376 e. The highest BCUT2D eigenvalue weighted by atomic mass is 15.2. The minimum atomic E-state index is 0.705. The van der Waals surface area contributed by atoms with E-state index >= 15 is 0 Å². The van der Waals surface area contributed by atoms with Gasteiger partial charge in [-0.15, -0.1) is 0 Å². The Bertz CT molecular complexity index is 593. The molecule has 0 radical (unpaired) electrons. The molecule has 0 aliphatic carbocycles. The van der Waals surface area contributed by atoms with Crippen molar-refractivity contribution in [2.24, 2.45) is 5.92 Å². The van der Waals surface area contributed by atoms with Gasteiger partial charge < -0.3 is 5.32 Å². The van der Waals surface area contributed by atoms with E-state index in [-0.39, 0.29) is 0 Å². The van der Waals surface area contributed by atoms with Crippen molar-refractivity contribution in [2.75, 3.05) is 25.0 Å². The summed E-state index contributed by atoms with van der Waals surface area (Å²) in [6, 6.07) is 19.6. The zero-order chi connectivity index (χ0) is 13.4. The number of fused-ring (bicyclic) bond motifs is 3. The maximum absolute atomic E-state index is 3.59. The Morgan fingerprint density at radius 3 is 2.65 bits per heavy atom. The van der Waals surface area contributed by atoms with Crippen LogP contribution in [0, 0.1) is 5.92 Å². The number of hydrogen-bond acceptors (Lipinski definition) is 2. The van der Waals surface area contributed by atoms with Gasteiger partial charge in [-0.05, 0) is 23.1 Å². The minimum Gasteiger partial charge on any atom is -0.384 e. The Morgan fingerprint density at radius 2 is 1.75 bits per heavy atom. The quantitative estimate of drug-likeness (QED) is 0.895. The molecule has 0 saturated carbocycles. The Labute approximate surface area is 120 Å². The molecular formula is C18H20N2. The lowest BCUT2D eigenvalue weighted by molar-refractivity contribution is 0.318. The Morgan fingerprint density at radius 1 is 0.950 bits per heavy atom. The van der Waals surface area contributed by atoms with Gasteiger partial charge >= 0.3 is 0 Å². The van der Waals surface area contributed by atoms with Gasteiger partial charge in [-0.25, -0.2) is 0 Å². The zero-order valence-corrected chi connectivity index (χ0v) is 11.6. The van der Waals surface area contributed by atoms with Crippen molar-refractivity contribution in [1.82, 2.24) is 4.90 Å². The fraction of sp³-hybridized carbons (Fsp3) is 0.333. The molecule has 0 bridgehead atoms. The summed E-state index contributed by atoms with van der Waals surface area (Å²) < 4.78 is 0. The molecule has 2 aromatic rings. The molecule has 1 N–H and O–H groups in total. The molecule has 0 spiro atoms. The van der Waals surface area contributed by atoms with Gasteiger partial charge in [-0.2, -0.15) is 0 Å². The second-order valence-electron chi connectivity index (χ2n) is 6.01. The van der Waals surface area contributed by atoms with Crippen LogP contribution in [0.3, 0.4) is 0 Å². The van der Waals surface area contributed by atoms with Crippen molar-refractivity contribution < 1.29 is 0 Å². The second-order valence-corrected chi connectivity index (χ2v) is 6.01. The summed E-state index contributed by atoms with van der Waals surface area (Å²) in [5.41, 5.74) is 4.28. The van der Waals surface area contributed by atoms with E-state index < -0.39 is 0 Å². The van der Waals surface area contributed by atoms with Crippen LogP contribution in [-0.2, 0) is 6.54 Å². The summed E-state index contributed by atoms with van der Waals surface area (Å²) in [4.78, 5) is 2.61. The molecule has 1 fully saturated rings. The van der Waals surface area contributed by atoms with Crippen LogP contribution in [0.25, 0.3) is 0 Å². The first-order valence-corrected chi connectivity index (χ1v) is 7.49. The number of anilines is 1. The second kappa shape index (κ2) is 4.95. The first-order valence-electron chi connectivity index (χ1n) is 7.49. The summed E-state index contributed by atoms with van der Waals surface area (Å²) in [5.74, 6) is 1.46. The number of nitrogens with zero attached hydrogens (tertiary/aromatic N) is 1. The fourth-order valence-corrected chi connectivity index (χ4v) is 3.71. The third-order valence-corrected chi connectivity index (χ3v) is 4.68. The topological polar surface area (TPSA) is 15.3 Å². The van der Waals surface area contributed by atoms with E-state index in [0.717, 1.165) is 19.0 Å². The Hall–Kier alpha value is -1.80. The number of nitrogens with one attached hydrogen (secondary N) is 1. The van der Waals surface area contributed by atoms with Gasteiger partial charge in [0.15, 0.2) is 0 Å². The van der Waals surface area contributed by atoms with Crippen molar-refractivity contribution in [3.05, 3.63) is 65.7 Å². The van der Waals surface area contributed by atoms with Crippen LogP contribution in [0.2, 0.25) is 0 Å². The first-order chi connectivity index (χ1) is 9.90. The monoisotopic (exact) mass is 264 g/mol. The summed E-state index contributed by atoms with van der Waals surface area (Å²) in [6.07, 6.45) is 0. The van der Waals surface area contributed by atoms with Gasteiger partial charge in [0.1, 0.15) is 0 Å². The highest BCUT2D eigenvalue weighted by Gasteiger charge is 2.37. The Kier molecular flexibility index (Phi) is 2.96. The molecule has 2 atom stereocenters. The van der Waals surface area contributed by atoms with Crippen LogP contribution in [-0.4, -0.2) is 24.5 Å². The molecule has 2 aliphatic rings. The predicted octanol–water partition coefficient (Wildman–Crippen LogP) is 3.33. The highest BCUT2D eigenvalue weighted by molar-refractivity contribution is 5.55. The normalized spacial score (nSPS) is 24.8. The fourth-order valence-electron chi connectivity index (χ4n) is 3.71. The summed E-state index contributed by atoms with van der Waals surface area (Å²) in [6.45, 7) is 4.60. The van der Waals surface area contributed by atoms with Crippen LogP contribution >= 0.6 is 0 Å². The van der Waals surface area contributed by atoms with Crippen molar-refractivity contribution in [3.8, 4) is 0 Å². The van der Waals surface area contributed by atoms with Crippen molar-refractivity contribution in [3.63, 3.8) is 0 Å². The molecule has 2 nitrogen and oxygen atoms in total. The highest BCUT2D eigenvalue weighted by Crippen LogP contribution is 2.40. The number of benzene rings is 2. The van der Waals surface area contributed by atoms with E-state index in [2.05, 4.69) is 64.8 Å². The molecule has 2 heterocycles. The zero-order valence-electron chi connectivity index (χ0n) is 11.6. The number of likely N-dealkylation sites (tertiary alicyclic amines) is 1. The van der Waals surface area contributed by atoms with Crippen molar-refractivity contribution in [2.45, 2.75) is 12.5 Å². The summed E-state index contributed by atoms with van der Waals surface area (Å²) >= 11 is 0. The molecule has 0 amide bonds. The largest absolute Gasteiger partial charge is 0.384 e. The minimum absolute atomic E-state index is 0.705. The maximum Gasteiger partial charge on any atom is 0.0376 e. The van der Waals surface area contributed by atoms with E-state index in [1.807, 2.05) is 0 Å². The van der Waals surface area contributed by atoms with Crippen LogP contribution in [0.1, 0.15) is 17.0 Å². The molecule has 2 aromatic carbocycles. The SMILES string of the molecule is c1ccc(CN2CC3CNc4ccccc4C3C2)cc1. The molecular weight excluding hydrogens is 244 g/mol. The average Bonchev–Trinajstić information content (AvgIpc) is 2.91. The third-order valence-electron chi connectivity index (χ3n) is 4.68. The van der Waals surface area contributed by atoms with Gasteiger partial charge in [0.05, 0.1) is 0 Å². The van der Waals surface area contributed by atoms with E-state index in [9.17, 15) is 0 Å². The maximum atomic E-state index is 3.59. The van der Waals surface area contributed by atoms with E-state index in [0.29, 0.717) is 5.92 Å². The van der Waals surface area contributed by atoms with Gasteiger partial charge in [0.2, 0.25) is 0 Å². The molecule has 102 valence electrons. The molecule has 20 heavy (non-hydrogen) atoms. The molecule has 1 saturated heterocycles. The molecule has 2 aliphatic heterocycles. The van der Waals surface area contributed by atoms with Gasteiger partial charge in [0.25, 0.3) is 0 Å². The predicted molar refractivity (Wildman–Crippen MR) is 82.9 cm³/mol. The molecule has 4 rings (SSSR count). The number of hydrogen-bond donors (Lipinski definition) is 1. The van der Waals surface area contributed by atoms with E-state index in [1.165, 1.54) is 29.9 Å². The average molecular weight is 264 g/mol. The molecule has 2 heteroatoms. The third kappa shape index (κ3) is 2.10. The molecule has 0 aromatic heterocycles. The van der Waals surface area contributed by atoms with E-state index in [4.69, 9.17) is 0 Å². The van der Waals surface area contributed by atoms with E-state index in [1.54, 1.807) is 0 Å². The van der Waals surface area contributed by atoms with Gasteiger partial charge in [0, 0.05) is 37.8 Å². The van der Waals surface area contributed by atoms with Crippen LogP contribution in [0.15, 0.2) is 54.6 Å². The van der Waals surface area contributed by atoms with Crippen LogP contribution in [0.5, 0.6) is 0 Å². The molecule has 2 unspecified atom stereocenters. The van der Waals surface area contributed by atoms with Gasteiger partial charge in [-0.3, -0.25) is 4.90 Å². The lowest BCUT2D eigenvalue weighted by atomic mass is 9.85. The van der Waals surface area contributed by atoms with Gasteiger partial charge in [-0.1, -0.05) is 48.5 Å². The van der Waals surface area contributed by atoms with Crippen molar-refractivity contribution >= 4 is 5.69 Å². The lowest BCUT2D eigenvalue weighted by Gasteiger charge is -2.28. The lowest BCUT2D eigenvalue weighted by Crippen LogP contribution is -2.26.